The highest BCUT2D eigenvalue weighted by Crippen LogP contribution is 2.22. The molecule has 2 rings (SSSR count). The summed E-state index contributed by atoms with van der Waals surface area (Å²) >= 11 is 0. The van der Waals surface area contributed by atoms with E-state index in [1.165, 1.54) is 0 Å². The summed E-state index contributed by atoms with van der Waals surface area (Å²) in [5, 5.41) is 2.67. The summed E-state index contributed by atoms with van der Waals surface area (Å²) in [6.45, 7) is 1.05. The third kappa shape index (κ3) is 3.24. The second-order valence-electron chi connectivity index (χ2n) is 4.89. The van der Waals surface area contributed by atoms with Crippen molar-refractivity contribution in [1.29, 1.82) is 0 Å². The average molecular weight is 290 g/mol. The second-order valence-corrected chi connectivity index (χ2v) is 6.75. The summed E-state index contributed by atoms with van der Waals surface area (Å²) in [7, 11) is -3.69. The first-order chi connectivity index (χ1) is 8.89. The van der Waals surface area contributed by atoms with Crippen molar-refractivity contribution in [2.24, 2.45) is 0 Å². The molecule has 108 valence electrons. The number of rotatable bonds is 4. The van der Waals surface area contributed by atoms with Crippen LogP contribution in [-0.4, -0.2) is 56.1 Å². The van der Waals surface area contributed by atoms with Gasteiger partial charge in [0.15, 0.2) is 0 Å². The largest absolute Gasteiger partial charge is 0.376 e. The van der Waals surface area contributed by atoms with Gasteiger partial charge in [0.05, 0.1) is 12.4 Å². The van der Waals surface area contributed by atoms with Gasteiger partial charge in [-0.25, -0.2) is 12.7 Å². The maximum atomic E-state index is 12.0. The molecule has 2 unspecified atom stereocenters. The fraction of sp³-hybridized carbons (Fsp3) is 0.818. The van der Waals surface area contributed by atoms with Gasteiger partial charge < -0.3 is 10.1 Å². The zero-order valence-corrected chi connectivity index (χ0v) is 11.6. The molecule has 2 saturated heterocycles. The van der Waals surface area contributed by atoms with Crippen LogP contribution in [0.25, 0.3) is 0 Å². The molecule has 0 saturated carbocycles. The van der Waals surface area contributed by atoms with Crippen molar-refractivity contribution in [2.75, 3.05) is 19.4 Å². The number of carbonyl (C=O) groups excluding carboxylic acids is 2. The van der Waals surface area contributed by atoms with Gasteiger partial charge >= 0.3 is 0 Å². The molecule has 19 heavy (non-hydrogen) atoms. The van der Waals surface area contributed by atoms with Gasteiger partial charge in [-0.2, -0.15) is 0 Å². The van der Waals surface area contributed by atoms with E-state index in [0.717, 1.165) is 19.1 Å². The Balaban J connectivity index is 1.96. The van der Waals surface area contributed by atoms with E-state index in [0.29, 0.717) is 17.5 Å². The fourth-order valence-electron chi connectivity index (χ4n) is 2.45. The van der Waals surface area contributed by atoms with Crippen LogP contribution < -0.4 is 5.32 Å². The van der Waals surface area contributed by atoms with E-state index in [1.54, 1.807) is 0 Å². The smallest absolute Gasteiger partial charge is 0.244 e. The predicted molar refractivity (Wildman–Crippen MR) is 66.7 cm³/mol. The number of ether oxygens (including phenoxy) is 1. The summed E-state index contributed by atoms with van der Waals surface area (Å²) in [6, 6.07) is -0.913. The summed E-state index contributed by atoms with van der Waals surface area (Å²) < 4.78 is 29.1. The van der Waals surface area contributed by atoms with E-state index in [4.69, 9.17) is 4.74 Å². The molecule has 0 bridgehead atoms. The topological polar surface area (TPSA) is 92.8 Å². The SMILES string of the molecule is CS(=O)(=O)N1C(=O)CCC1C(=O)NCC1CCCO1. The van der Waals surface area contributed by atoms with Crippen molar-refractivity contribution in [3.8, 4) is 0 Å². The highest BCUT2D eigenvalue weighted by Gasteiger charge is 2.41. The molecule has 2 atom stereocenters. The lowest BCUT2D eigenvalue weighted by Crippen LogP contribution is -2.48. The number of sulfonamides is 1. The zero-order valence-electron chi connectivity index (χ0n) is 10.8. The normalized spacial score (nSPS) is 27.8. The van der Waals surface area contributed by atoms with Gasteiger partial charge in [-0.3, -0.25) is 9.59 Å². The molecule has 2 fully saturated rings. The lowest BCUT2D eigenvalue weighted by molar-refractivity contribution is -0.130. The number of carbonyl (C=O) groups is 2. The van der Waals surface area contributed by atoms with Crippen molar-refractivity contribution in [3.05, 3.63) is 0 Å². The quantitative estimate of drug-likeness (QED) is 0.734. The molecular weight excluding hydrogens is 272 g/mol. The minimum atomic E-state index is -3.69. The van der Waals surface area contributed by atoms with Crippen molar-refractivity contribution >= 4 is 21.8 Å². The lowest BCUT2D eigenvalue weighted by atomic mass is 10.2. The summed E-state index contributed by atoms with van der Waals surface area (Å²) in [5.41, 5.74) is 0. The summed E-state index contributed by atoms with van der Waals surface area (Å²) in [5.74, 6) is -0.938. The molecular formula is C11H18N2O5S. The fourth-order valence-corrected chi connectivity index (χ4v) is 3.58. The first-order valence-electron chi connectivity index (χ1n) is 6.31. The van der Waals surface area contributed by atoms with E-state index in [9.17, 15) is 18.0 Å². The van der Waals surface area contributed by atoms with E-state index in [2.05, 4.69) is 5.32 Å². The molecule has 0 spiro atoms. The first kappa shape index (κ1) is 14.3. The molecule has 0 aromatic heterocycles. The van der Waals surface area contributed by atoms with E-state index in [1.807, 2.05) is 0 Å². The van der Waals surface area contributed by atoms with Crippen LogP contribution in [0.4, 0.5) is 0 Å². The molecule has 0 aliphatic carbocycles. The predicted octanol–water partition coefficient (Wildman–Crippen LogP) is -0.768. The van der Waals surface area contributed by atoms with Crippen LogP contribution in [0, 0.1) is 0 Å². The third-order valence-corrected chi connectivity index (χ3v) is 4.52. The molecule has 0 radical (unpaired) electrons. The summed E-state index contributed by atoms with van der Waals surface area (Å²) in [6.07, 6.45) is 3.12. The molecule has 1 N–H and O–H groups in total. The van der Waals surface area contributed by atoms with Crippen LogP contribution in [0.3, 0.4) is 0 Å². The molecule has 8 heteroatoms. The third-order valence-electron chi connectivity index (χ3n) is 3.35. The van der Waals surface area contributed by atoms with Crippen LogP contribution in [0.5, 0.6) is 0 Å². The van der Waals surface area contributed by atoms with E-state index >= 15 is 0 Å². The zero-order chi connectivity index (χ0) is 14.0. The Morgan fingerprint density at radius 3 is 2.79 bits per heavy atom. The Labute approximate surface area is 112 Å². The van der Waals surface area contributed by atoms with E-state index < -0.39 is 27.9 Å². The molecule has 2 heterocycles. The van der Waals surface area contributed by atoms with Crippen LogP contribution in [0.15, 0.2) is 0 Å². The van der Waals surface area contributed by atoms with Crippen LogP contribution in [0.1, 0.15) is 25.7 Å². The monoisotopic (exact) mass is 290 g/mol. The Kier molecular flexibility index (Phi) is 4.10. The number of amides is 2. The highest BCUT2D eigenvalue weighted by molar-refractivity contribution is 7.89. The van der Waals surface area contributed by atoms with Gasteiger partial charge in [0.1, 0.15) is 6.04 Å². The van der Waals surface area contributed by atoms with Crippen molar-refractivity contribution < 1.29 is 22.7 Å². The lowest BCUT2D eigenvalue weighted by Gasteiger charge is -2.22. The maximum Gasteiger partial charge on any atom is 0.244 e. The summed E-state index contributed by atoms with van der Waals surface area (Å²) in [4.78, 5) is 23.5. The maximum absolute atomic E-state index is 12.0. The Bertz CT molecular complexity index is 469. The van der Waals surface area contributed by atoms with Crippen molar-refractivity contribution in [3.63, 3.8) is 0 Å². The van der Waals surface area contributed by atoms with Crippen LogP contribution >= 0.6 is 0 Å². The molecule has 2 amide bonds. The average Bonchev–Trinajstić information content (AvgIpc) is 2.93. The Morgan fingerprint density at radius 1 is 1.47 bits per heavy atom. The minimum absolute atomic E-state index is 0.00672. The highest BCUT2D eigenvalue weighted by atomic mass is 32.2. The van der Waals surface area contributed by atoms with Crippen molar-refractivity contribution in [1.82, 2.24) is 9.62 Å². The van der Waals surface area contributed by atoms with Gasteiger partial charge in [-0.15, -0.1) is 0 Å². The molecule has 0 aromatic carbocycles. The van der Waals surface area contributed by atoms with Gasteiger partial charge in [0.2, 0.25) is 21.8 Å². The molecule has 2 aliphatic rings. The van der Waals surface area contributed by atoms with Crippen molar-refractivity contribution in [2.45, 2.75) is 37.8 Å². The molecule has 0 aromatic rings. The number of nitrogens with one attached hydrogen (secondary N) is 1. The Morgan fingerprint density at radius 2 is 2.21 bits per heavy atom. The Hall–Kier alpha value is -1.15. The minimum Gasteiger partial charge on any atom is -0.376 e. The van der Waals surface area contributed by atoms with E-state index in [-0.39, 0.29) is 18.9 Å². The van der Waals surface area contributed by atoms with Gasteiger partial charge in [-0.05, 0) is 19.3 Å². The standard InChI is InChI=1S/C11H18N2O5S/c1-19(16,17)13-9(4-5-10(13)14)11(15)12-7-8-3-2-6-18-8/h8-9H,2-7H2,1H3,(H,12,15). The second kappa shape index (κ2) is 5.46. The number of hydrogen-bond donors (Lipinski definition) is 1. The first-order valence-corrected chi connectivity index (χ1v) is 8.16. The number of hydrogen-bond acceptors (Lipinski definition) is 5. The van der Waals surface area contributed by atoms with Crippen LogP contribution in [-0.2, 0) is 24.3 Å². The van der Waals surface area contributed by atoms with Crippen LogP contribution in [0.2, 0.25) is 0 Å². The van der Waals surface area contributed by atoms with Gasteiger partial charge in [0, 0.05) is 19.6 Å². The number of nitrogens with zero attached hydrogens (tertiary/aromatic N) is 1. The van der Waals surface area contributed by atoms with Gasteiger partial charge in [0.25, 0.3) is 0 Å². The molecule has 7 nitrogen and oxygen atoms in total. The molecule has 2 aliphatic heterocycles. The van der Waals surface area contributed by atoms with Gasteiger partial charge in [-0.1, -0.05) is 0 Å².